The molecule has 3 N–H and O–H groups in total. The highest BCUT2D eigenvalue weighted by Crippen LogP contribution is 2.74. The maximum Gasteiger partial charge on any atom is 0.0805 e. The molecule has 0 aromatic heterocycles. The third-order valence-corrected chi connectivity index (χ3v) is 16.5. The van der Waals surface area contributed by atoms with Crippen molar-refractivity contribution in [2.45, 2.75) is 121 Å². The smallest absolute Gasteiger partial charge is 0.0805 e. The predicted molar refractivity (Wildman–Crippen MR) is 178 cm³/mol. The van der Waals surface area contributed by atoms with Crippen molar-refractivity contribution in [1.82, 2.24) is 4.90 Å². The van der Waals surface area contributed by atoms with E-state index in [2.05, 4.69) is 61.2 Å². The van der Waals surface area contributed by atoms with E-state index in [-0.39, 0.29) is 29.0 Å². The van der Waals surface area contributed by atoms with Crippen molar-refractivity contribution < 1.29 is 15.3 Å². The SMILES string of the molecule is C[C@@H]1CC[C@H]2N(C1)C[C@H]1[C@H]3[C@@H]4C=CC[C@@]56C[C@]7(CC[C@@H](CCc8ccccc8)C7)[C@H](O)C[C@H]5[C@@H](O)C[C@H]([C@H]3CC[C@H]1[C@]2(C)O)[C@H]46. The fourth-order valence-corrected chi connectivity index (χ4v) is 15.0. The number of nitrogens with zero attached hydrogens (tertiary/aromatic N) is 1. The second kappa shape index (κ2) is 10.6. The average Bonchev–Trinajstić information content (AvgIpc) is 3.58. The van der Waals surface area contributed by atoms with E-state index < -0.39 is 5.60 Å². The van der Waals surface area contributed by atoms with Gasteiger partial charge < -0.3 is 15.3 Å². The first kappa shape index (κ1) is 29.9. The van der Waals surface area contributed by atoms with Crippen LogP contribution in [0.1, 0.15) is 96.5 Å². The monoisotopic (exact) mass is 613 g/mol. The number of allylic oxidation sites excluding steroid dienone is 2. The van der Waals surface area contributed by atoms with Crippen molar-refractivity contribution in [3.8, 4) is 0 Å². The molecule has 0 radical (unpaired) electrons. The fraction of sp³-hybridized carbons (Fsp3) is 0.805. The zero-order chi connectivity index (χ0) is 30.7. The van der Waals surface area contributed by atoms with Gasteiger partial charge in [-0.3, -0.25) is 4.90 Å². The Kier molecular flexibility index (Phi) is 7.08. The largest absolute Gasteiger partial charge is 0.393 e. The molecule has 16 atom stereocenters. The van der Waals surface area contributed by atoms with Crippen LogP contribution in [0.5, 0.6) is 0 Å². The van der Waals surface area contributed by atoms with Crippen LogP contribution in [0.15, 0.2) is 42.5 Å². The average molecular weight is 614 g/mol. The molecule has 2 heterocycles. The summed E-state index contributed by atoms with van der Waals surface area (Å²) >= 11 is 0. The molecule has 1 aromatic carbocycles. The minimum atomic E-state index is -0.600. The third kappa shape index (κ3) is 4.36. The van der Waals surface area contributed by atoms with Crippen LogP contribution in [0, 0.1) is 70.0 Å². The van der Waals surface area contributed by atoms with Gasteiger partial charge in [-0.15, -0.1) is 0 Å². The van der Waals surface area contributed by atoms with Crippen LogP contribution in [-0.4, -0.2) is 57.2 Å². The maximum absolute atomic E-state index is 12.3. The lowest BCUT2D eigenvalue weighted by Gasteiger charge is -2.63. The molecule has 0 amide bonds. The number of aliphatic hydroxyl groups excluding tert-OH is 2. The number of benzene rings is 1. The minimum absolute atomic E-state index is 0.0250. The highest BCUT2D eigenvalue weighted by atomic mass is 16.3. The Morgan fingerprint density at radius 2 is 1.76 bits per heavy atom. The number of fused-ring (bicyclic) bond motifs is 6. The Balaban J connectivity index is 1.02. The van der Waals surface area contributed by atoms with E-state index >= 15 is 0 Å². The summed E-state index contributed by atoms with van der Waals surface area (Å²) in [6, 6.07) is 11.3. The van der Waals surface area contributed by atoms with Crippen molar-refractivity contribution in [1.29, 1.82) is 0 Å². The van der Waals surface area contributed by atoms with Crippen molar-refractivity contribution in [3.05, 3.63) is 48.0 Å². The van der Waals surface area contributed by atoms with E-state index in [9.17, 15) is 15.3 Å². The Bertz CT molecular complexity index is 1290. The van der Waals surface area contributed by atoms with E-state index in [1.165, 1.54) is 50.6 Å². The number of hydrogen-bond donors (Lipinski definition) is 3. The summed E-state index contributed by atoms with van der Waals surface area (Å²) in [5.74, 6) is 5.74. The summed E-state index contributed by atoms with van der Waals surface area (Å²) in [7, 11) is 0. The van der Waals surface area contributed by atoms with Gasteiger partial charge in [0, 0.05) is 19.1 Å². The van der Waals surface area contributed by atoms with Gasteiger partial charge in [-0.1, -0.05) is 49.4 Å². The Hall–Kier alpha value is -1.20. The van der Waals surface area contributed by atoms with Crippen LogP contribution >= 0.6 is 0 Å². The normalized spacial score (nSPS) is 55.0. The number of aryl methyl sites for hydroxylation is 1. The molecule has 2 saturated heterocycles. The summed E-state index contributed by atoms with van der Waals surface area (Å²) in [5.41, 5.74) is 0.995. The molecule has 4 heteroatoms. The molecule has 1 aromatic rings. The predicted octanol–water partition coefficient (Wildman–Crippen LogP) is 6.87. The van der Waals surface area contributed by atoms with Crippen molar-refractivity contribution in [2.24, 2.45) is 70.0 Å². The second-order valence-electron chi connectivity index (χ2n) is 18.4. The van der Waals surface area contributed by atoms with Gasteiger partial charge >= 0.3 is 0 Å². The van der Waals surface area contributed by atoms with Crippen molar-refractivity contribution in [3.63, 3.8) is 0 Å². The van der Waals surface area contributed by atoms with E-state index in [0.29, 0.717) is 53.4 Å². The summed E-state index contributed by atoms with van der Waals surface area (Å²) in [6.07, 6.45) is 19.4. The molecule has 2 spiro atoms. The first-order valence-electron chi connectivity index (χ1n) is 19.2. The highest BCUT2D eigenvalue weighted by Gasteiger charge is 2.71. The topological polar surface area (TPSA) is 63.9 Å². The minimum Gasteiger partial charge on any atom is -0.393 e. The van der Waals surface area contributed by atoms with Gasteiger partial charge in [-0.25, -0.2) is 0 Å². The molecular weight excluding hydrogens is 554 g/mol. The lowest BCUT2D eigenvalue weighted by Crippen LogP contribution is -2.67. The quantitative estimate of drug-likeness (QED) is 0.326. The van der Waals surface area contributed by atoms with Gasteiger partial charge in [0.15, 0.2) is 0 Å². The van der Waals surface area contributed by atoms with E-state index in [1.807, 2.05) is 0 Å². The molecule has 4 nitrogen and oxygen atoms in total. The van der Waals surface area contributed by atoms with Crippen LogP contribution in [-0.2, 0) is 6.42 Å². The van der Waals surface area contributed by atoms with Crippen LogP contribution in [0.3, 0.4) is 0 Å². The molecule has 8 aliphatic rings. The Labute approximate surface area is 272 Å². The summed E-state index contributed by atoms with van der Waals surface area (Å²) in [4.78, 5) is 2.72. The lowest BCUT2D eigenvalue weighted by molar-refractivity contribution is -0.189. The molecule has 7 fully saturated rings. The Morgan fingerprint density at radius 3 is 2.60 bits per heavy atom. The number of hydrogen-bond acceptors (Lipinski definition) is 4. The van der Waals surface area contributed by atoms with Gasteiger partial charge in [0.1, 0.15) is 0 Å². The molecule has 6 aliphatic carbocycles. The number of piperidine rings is 2. The first-order valence-corrected chi connectivity index (χ1v) is 19.2. The van der Waals surface area contributed by atoms with Gasteiger partial charge in [0.05, 0.1) is 17.8 Å². The van der Waals surface area contributed by atoms with Gasteiger partial charge in [-0.2, -0.15) is 0 Å². The van der Waals surface area contributed by atoms with Crippen molar-refractivity contribution in [2.75, 3.05) is 13.1 Å². The molecule has 0 bridgehead atoms. The molecule has 2 aliphatic heterocycles. The zero-order valence-corrected chi connectivity index (χ0v) is 27.9. The first-order chi connectivity index (χ1) is 21.7. The molecular formula is C41H59NO3. The van der Waals surface area contributed by atoms with Crippen LogP contribution in [0.4, 0.5) is 0 Å². The fourth-order valence-electron chi connectivity index (χ4n) is 15.0. The maximum atomic E-state index is 12.3. The van der Waals surface area contributed by atoms with Crippen molar-refractivity contribution >= 4 is 0 Å². The summed E-state index contributed by atoms with van der Waals surface area (Å²) in [6.45, 7) is 6.93. The van der Waals surface area contributed by atoms with Crippen LogP contribution in [0.2, 0.25) is 0 Å². The van der Waals surface area contributed by atoms with Gasteiger partial charge in [0.25, 0.3) is 0 Å². The molecule has 246 valence electrons. The van der Waals surface area contributed by atoms with Gasteiger partial charge in [0.2, 0.25) is 0 Å². The number of rotatable bonds is 3. The van der Waals surface area contributed by atoms with E-state index in [1.54, 1.807) is 0 Å². The summed E-state index contributed by atoms with van der Waals surface area (Å²) in [5, 5.41) is 36.2. The summed E-state index contributed by atoms with van der Waals surface area (Å²) < 4.78 is 0. The molecule has 9 rings (SSSR count). The molecule has 5 saturated carbocycles. The Morgan fingerprint density at radius 1 is 0.911 bits per heavy atom. The van der Waals surface area contributed by atoms with E-state index in [4.69, 9.17) is 0 Å². The molecule has 45 heavy (non-hydrogen) atoms. The zero-order valence-electron chi connectivity index (χ0n) is 27.9. The highest BCUT2D eigenvalue weighted by molar-refractivity contribution is 5.25. The van der Waals surface area contributed by atoms with Crippen LogP contribution < -0.4 is 0 Å². The lowest BCUT2D eigenvalue weighted by atomic mass is 9.42. The molecule has 0 unspecified atom stereocenters. The standard InChI is InChI=1S/C41H59NO3/c1-25-10-15-35-39(2,45)32-14-13-28-30-19-34(43)33-20-36(44)40(18-16-27(21-40)12-11-26-7-4-3-5-8-26)24-41(33)17-6-9-29(38(30)41)37(28)31(32)23-42(35)22-25/h3-9,25,27-38,43-45H,10-24H2,1-2H3/t25-,27-,28-,29+,30-,31-,32-,33+,34+,35-,36-,37-,38+,39+,40-,41-/m1/s1. The van der Waals surface area contributed by atoms with E-state index in [0.717, 1.165) is 57.4 Å². The van der Waals surface area contributed by atoms with Crippen LogP contribution in [0.25, 0.3) is 0 Å². The second-order valence-corrected chi connectivity index (χ2v) is 18.4. The van der Waals surface area contributed by atoms with Gasteiger partial charge in [-0.05, 0) is 166 Å². The third-order valence-electron chi connectivity index (χ3n) is 16.5. The number of aliphatic hydroxyl groups is 3.